The maximum Gasteiger partial charge on any atom is 0.309 e. The fourth-order valence-electron chi connectivity index (χ4n) is 5.25. The van der Waals surface area contributed by atoms with Gasteiger partial charge in [-0.05, 0) is 56.3 Å². The molecule has 4 bridgehead atoms. The van der Waals surface area contributed by atoms with Crippen LogP contribution < -0.4 is 0 Å². The lowest BCUT2D eigenvalue weighted by Crippen LogP contribution is -2.51. The Balaban J connectivity index is 1.64. The first-order valence-corrected chi connectivity index (χ1v) is 7.38. The predicted octanol–water partition coefficient (Wildman–Crippen LogP) is 2.44. The summed E-state index contributed by atoms with van der Waals surface area (Å²) in [6.07, 6.45) is 12.0. The van der Waals surface area contributed by atoms with Crippen LogP contribution in [0.2, 0.25) is 0 Å². The minimum Gasteiger partial charge on any atom is -0.481 e. The van der Waals surface area contributed by atoms with Crippen LogP contribution in [0.15, 0.2) is 12.5 Å². The van der Waals surface area contributed by atoms with Crippen LogP contribution in [-0.4, -0.2) is 20.6 Å². The van der Waals surface area contributed by atoms with Gasteiger partial charge in [0.1, 0.15) is 0 Å². The van der Waals surface area contributed by atoms with Gasteiger partial charge < -0.3 is 9.67 Å². The van der Waals surface area contributed by atoms with Crippen molar-refractivity contribution in [2.24, 2.45) is 17.8 Å². The number of nitrogens with zero attached hydrogens (tertiary/aromatic N) is 2. The summed E-state index contributed by atoms with van der Waals surface area (Å²) in [6, 6.07) is 0. The zero-order valence-corrected chi connectivity index (χ0v) is 11.1. The molecule has 1 aromatic heterocycles. The van der Waals surface area contributed by atoms with Crippen LogP contribution in [0.4, 0.5) is 0 Å². The van der Waals surface area contributed by atoms with Crippen LogP contribution in [0.1, 0.15) is 44.2 Å². The molecule has 0 aliphatic heterocycles. The Morgan fingerprint density at radius 3 is 2.37 bits per heavy atom. The Morgan fingerprint density at radius 2 is 1.84 bits per heavy atom. The lowest BCUT2D eigenvalue weighted by atomic mass is 9.53. The van der Waals surface area contributed by atoms with E-state index in [1.165, 1.54) is 38.5 Å². The number of carboxylic acid groups (broad SMARTS) is 1. The molecular formula is C15H20N2O2. The molecule has 0 aromatic carbocycles. The van der Waals surface area contributed by atoms with Crippen molar-refractivity contribution in [3.05, 3.63) is 18.2 Å². The summed E-state index contributed by atoms with van der Waals surface area (Å²) in [6.45, 7) is 0. The summed E-state index contributed by atoms with van der Waals surface area (Å²) < 4.78 is 2.26. The molecule has 0 radical (unpaired) electrons. The molecule has 1 N–H and O–H groups in total. The van der Waals surface area contributed by atoms with Gasteiger partial charge in [-0.15, -0.1) is 0 Å². The molecule has 102 valence electrons. The third-order valence-electron chi connectivity index (χ3n) is 5.52. The normalized spacial score (nSPS) is 39.7. The number of carbonyl (C=O) groups is 1. The fraction of sp³-hybridized carbons (Fsp3) is 0.733. The van der Waals surface area contributed by atoms with Crippen molar-refractivity contribution in [1.82, 2.24) is 9.55 Å². The Labute approximate surface area is 112 Å². The van der Waals surface area contributed by atoms with E-state index in [0.717, 1.165) is 17.8 Å². The first-order valence-electron chi connectivity index (χ1n) is 7.38. The Kier molecular flexibility index (Phi) is 2.32. The van der Waals surface area contributed by atoms with Gasteiger partial charge in [-0.3, -0.25) is 4.79 Å². The van der Waals surface area contributed by atoms with Crippen molar-refractivity contribution in [1.29, 1.82) is 0 Å². The minimum absolute atomic E-state index is 0.0410. The fourth-order valence-corrected chi connectivity index (χ4v) is 5.25. The van der Waals surface area contributed by atoms with Crippen molar-refractivity contribution in [3.8, 4) is 0 Å². The number of hydrogen-bond donors (Lipinski definition) is 1. The molecule has 1 heterocycles. The van der Waals surface area contributed by atoms with Gasteiger partial charge in [-0.1, -0.05) is 0 Å². The van der Waals surface area contributed by atoms with E-state index in [4.69, 9.17) is 5.11 Å². The SMILES string of the molecule is O=C(O)Cc1cn(C23CC4CC(CC(C4)C2)C3)cn1. The minimum atomic E-state index is -0.796. The molecule has 4 saturated carbocycles. The molecule has 4 heteroatoms. The number of aromatic nitrogens is 2. The zero-order chi connectivity index (χ0) is 13.0. The second-order valence-electron chi connectivity index (χ2n) is 6.98. The zero-order valence-electron chi connectivity index (χ0n) is 11.1. The molecule has 0 spiro atoms. The highest BCUT2D eigenvalue weighted by Crippen LogP contribution is 2.58. The largest absolute Gasteiger partial charge is 0.481 e. The summed E-state index contributed by atoms with van der Waals surface area (Å²) >= 11 is 0. The van der Waals surface area contributed by atoms with E-state index in [1.807, 2.05) is 12.5 Å². The molecule has 19 heavy (non-hydrogen) atoms. The molecule has 0 saturated heterocycles. The highest BCUT2D eigenvalue weighted by Gasteiger charge is 2.51. The Hall–Kier alpha value is -1.32. The number of hydrogen-bond acceptors (Lipinski definition) is 2. The smallest absolute Gasteiger partial charge is 0.309 e. The third-order valence-corrected chi connectivity index (χ3v) is 5.52. The van der Waals surface area contributed by atoms with Crippen molar-refractivity contribution in [2.75, 3.05) is 0 Å². The van der Waals surface area contributed by atoms with E-state index in [9.17, 15) is 4.79 Å². The second kappa shape index (κ2) is 3.84. The number of rotatable bonds is 3. The van der Waals surface area contributed by atoms with Crippen LogP contribution in [0, 0.1) is 17.8 Å². The van der Waals surface area contributed by atoms with Gasteiger partial charge in [0.2, 0.25) is 0 Å². The van der Waals surface area contributed by atoms with Crippen LogP contribution >= 0.6 is 0 Å². The highest BCUT2D eigenvalue weighted by atomic mass is 16.4. The molecule has 1 aromatic rings. The predicted molar refractivity (Wildman–Crippen MR) is 69.7 cm³/mol. The third kappa shape index (κ3) is 1.80. The van der Waals surface area contributed by atoms with Gasteiger partial charge in [0, 0.05) is 11.7 Å². The summed E-state index contributed by atoms with van der Waals surface area (Å²) in [7, 11) is 0. The standard InChI is InChI=1S/C15H20N2O2/c18-14(19)4-13-8-17(9-16-13)15-5-10-1-11(6-15)3-12(2-10)7-15/h8-12H,1-7H2,(H,18,19). The number of imidazole rings is 1. The van der Waals surface area contributed by atoms with Gasteiger partial charge in [0.15, 0.2) is 0 Å². The van der Waals surface area contributed by atoms with Crippen molar-refractivity contribution < 1.29 is 9.90 Å². The average Bonchev–Trinajstić information content (AvgIpc) is 2.75. The second-order valence-corrected chi connectivity index (χ2v) is 6.98. The molecule has 4 nitrogen and oxygen atoms in total. The highest BCUT2D eigenvalue weighted by molar-refractivity contribution is 5.69. The van der Waals surface area contributed by atoms with E-state index in [1.54, 1.807) is 0 Å². The van der Waals surface area contributed by atoms with Gasteiger partial charge in [0.05, 0.1) is 18.4 Å². The quantitative estimate of drug-likeness (QED) is 0.908. The topological polar surface area (TPSA) is 55.1 Å². The molecule has 0 atom stereocenters. The molecule has 4 fully saturated rings. The monoisotopic (exact) mass is 260 g/mol. The van der Waals surface area contributed by atoms with E-state index < -0.39 is 5.97 Å². The summed E-state index contributed by atoms with van der Waals surface area (Å²) in [4.78, 5) is 15.1. The maximum atomic E-state index is 10.8. The van der Waals surface area contributed by atoms with E-state index in [0.29, 0.717) is 5.69 Å². The summed E-state index contributed by atoms with van der Waals surface area (Å²) in [5, 5.41) is 8.86. The molecule has 0 unspecified atom stereocenters. The summed E-state index contributed by atoms with van der Waals surface area (Å²) in [5.41, 5.74) is 0.960. The van der Waals surface area contributed by atoms with Gasteiger partial charge in [-0.2, -0.15) is 0 Å². The lowest BCUT2D eigenvalue weighted by molar-refractivity contribution is -0.136. The van der Waals surface area contributed by atoms with E-state index in [-0.39, 0.29) is 12.0 Å². The first kappa shape index (κ1) is 11.5. The van der Waals surface area contributed by atoms with Crippen molar-refractivity contribution in [2.45, 2.75) is 50.5 Å². The Morgan fingerprint density at radius 1 is 1.26 bits per heavy atom. The molecule has 0 amide bonds. The molecular weight excluding hydrogens is 240 g/mol. The van der Waals surface area contributed by atoms with E-state index >= 15 is 0 Å². The van der Waals surface area contributed by atoms with Crippen LogP contribution in [0.3, 0.4) is 0 Å². The number of aliphatic carboxylic acids is 1. The van der Waals surface area contributed by atoms with Crippen LogP contribution in [-0.2, 0) is 16.8 Å². The summed E-state index contributed by atoms with van der Waals surface area (Å²) in [5.74, 6) is 1.90. The molecule has 5 rings (SSSR count). The van der Waals surface area contributed by atoms with Gasteiger partial charge >= 0.3 is 5.97 Å². The van der Waals surface area contributed by atoms with Crippen molar-refractivity contribution in [3.63, 3.8) is 0 Å². The van der Waals surface area contributed by atoms with Crippen molar-refractivity contribution >= 4 is 5.97 Å². The van der Waals surface area contributed by atoms with Crippen LogP contribution in [0.5, 0.6) is 0 Å². The lowest BCUT2D eigenvalue weighted by Gasteiger charge is -2.57. The van der Waals surface area contributed by atoms with Crippen LogP contribution in [0.25, 0.3) is 0 Å². The number of carboxylic acids is 1. The molecule has 4 aliphatic rings. The van der Waals surface area contributed by atoms with Gasteiger partial charge in [-0.25, -0.2) is 4.98 Å². The van der Waals surface area contributed by atoms with Gasteiger partial charge in [0.25, 0.3) is 0 Å². The first-order chi connectivity index (χ1) is 9.13. The maximum absolute atomic E-state index is 10.8. The Bertz CT molecular complexity index is 485. The van der Waals surface area contributed by atoms with E-state index in [2.05, 4.69) is 9.55 Å². The molecule has 4 aliphatic carbocycles. The average molecular weight is 260 g/mol.